The molecular weight excluding hydrogens is 262 g/mol. The SMILES string of the molecule is O=c1cc(Oc2ccncc2)oc2cc(O)cc(O)c12. The number of ether oxygens (including phenoxy) is 1. The predicted molar refractivity (Wildman–Crippen MR) is 70.1 cm³/mol. The molecule has 0 amide bonds. The summed E-state index contributed by atoms with van der Waals surface area (Å²) in [5.41, 5.74) is -0.424. The summed E-state index contributed by atoms with van der Waals surface area (Å²) in [6.07, 6.45) is 3.07. The highest BCUT2D eigenvalue weighted by Crippen LogP contribution is 2.30. The molecule has 0 saturated carbocycles. The summed E-state index contributed by atoms with van der Waals surface area (Å²) in [5, 5.41) is 19.0. The molecule has 0 aliphatic heterocycles. The van der Waals surface area contributed by atoms with Gasteiger partial charge in [0.1, 0.15) is 28.2 Å². The Kier molecular flexibility index (Phi) is 2.76. The van der Waals surface area contributed by atoms with E-state index < -0.39 is 5.43 Å². The van der Waals surface area contributed by atoms with E-state index in [1.807, 2.05) is 0 Å². The molecule has 0 aliphatic rings. The molecule has 3 aromatic rings. The van der Waals surface area contributed by atoms with E-state index in [4.69, 9.17) is 9.15 Å². The molecule has 0 saturated heterocycles. The van der Waals surface area contributed by atoms with Crippen molar-refractivity contribution in [1.82, 2.24) is 4.98 Å². The van der Waals surface area contributed by atoms with Crippen molar-refractivity contribution in [3.05, 3.63) is 52.9 Å². The lowest BCUT2D eigenvalue weighted by molar-refractivity contribution is 0.352. The summed E-state index contributed by atoms with van der Waals surface area (Å²) in [6.45, 7) is 0. The minimum Gasteiger partial charge on any atom is -0.508 e. The van der Waals surface area contributed by atoms with Crippen LogP contribution in [0.25, 0.3) is 11.0 Å². The number of phenolic OH excluding ortho intramolecular Hbond substituents is 2. The van der Waals surface area contributed by atoms with Crippen LogP contribution in [0.2, 0.25) is 0 Å². The smallest absolute Gasteiger partial charge is 0.294 e. The number of phenols is 2. The third-order valence-electron chi connectivity index (χ3n) is 2.64. The zero-order valence-electron chi connectivity index (χ0n) is 10.1. The van der Waals surface area contributed by atoms with Crippen LogP contribution in [0.15, 0.2) is 51.9 Å². The molecule has 0 radical (unpaired) electrons. The Morgan fingerprint density at radius 1 is 1.10 bits per heavy atom. The zero-order valence-corrected chi connectivity index (χ0v) is 10.1. The fraction of sp³-hybridized carbons (Fsp3) is 0. The maximum Gasteiger partial charge on any atom is 0.294 e. The van der Waals surface area contributed by atoms with Gasteiger partial charge in [0.25, 0.3) is 5.95 Å². The highest BCUT2D eigenvalue weighted by Gasteiger charge is 2.12. The minimum atomic E-state index is -0.465. The summed E-state index contributed by atoms with van der Waals surface area (Å²) < 4.78 is 10.7. The number of hydrogen-bond donors (Lipinski definition) is 2. The second-order valence-electron chi connectivity index (χ2n) is 4.05. The van der Waals surface area contributed by atoms with Gasteiger partial charge >= 0.3 is 0 Å². The van der Waals surface area contributed by atoms with Gasteiger partial charge in [-0.05, 0) is 12.1 Å². The van der Waals surface area contributed by atoms with Crippen LogP contribution < -0.4 is 10.2 Å². The number of aromatic nitrogens is 1. The van der Waals surface area contributed by atoms with Gasteiger partial charge in [0.2, 0.25) is 0 Å². The average Bonchev–Trinajstić information content (AvgIpc) is 2.38. The first-order valence-electron chi connectivity index (χ1n) is 5.71. The van der Waals surface area contributed by atoms with E-state index in [1.165, 1.54) is 18.5 Å². The summed E-state index contributed by atoms with van der Waals surface area (Å²) in [5.74, 6) is -0.144. The third-order valence-corrected chi connectivity index (χ3v) is 2.64. The molecule has 6 nitrogen and oxygen atoms in total. The van der Waals surface area contributed by atoms with E-state index in [-0.39, 0.29) is 28.4 Å². The fourth-order valence-corrected chi connectivity index (χ4v) is 1.80. The second kappa shape index (κ2) is 4.58. The quantitative estimate of drug-likeness (QED) is 0.743. The third kappa shape index (κ3) is 2.14. The highest BCUT2D eigenvalue weighted by atomic mass is 16.6. The molecule has 3 rings (SSSR count). The van der Waals surface area contributed by atoms with Crippen molar-refractivity contribution in [2.45, 2.75) is 0 Å². The Morgan fingerprint density at radius 2 is 1.85 bits per heavy atom. The van der Waals surface area contributed by atoms with E-state index in [0.29, 0.717) is 5.75 Å². The zero-order chi connectivity index (χ0) is 14.1. The molecule has 0 fully saturated rings. The predicted octanol–water partition coefficient (Wildman–Crippen LogP) is 2.39. The molecule has 0 aliphatic carbocycles. The van der Waals surface area contributed by atoms with Gasteiger partial charge in [-0.2, -0.15) is 0 Å². The number of fused-ring (bicyclic) bond motifs is 1. The number of aromatic hydroxyl groups is 2. The Balaban J connectivity index is 2.12. The van der Waals surface area contributed by atoms with Gasteiger partial charge < -0.3 is 19.4 Å². The van der Waals surface area contributed by atoms with E-state index in [0.717, 1.165) is 12.1 Å². The number of rotatable bonds is 2. The van der Waals surface area contributed by atoms with Gasteiger partial charge in [-0.3, -0.25) is 9.78 Å². The van der Waals surface area contributed by atoms with E-state index >= 15 is 0 Å². The molecule has 2 aromatic heterocycles. The Labute approximate surface area is 112 Å². The van der Waals surface area contributed by atoms with Crippen LogP contribution >= 0.6 is 0 Å². The van der Waals surface area contributed by atoms with E-state index in [2.05, 4.69) is 4.98 Å². The molecule has 2 heterocycles. The molecule has 1 aromatic carbocycles. The van der Waals surface area contributed by atoms with Crippen LogP contribution in [0.4, 0.5) is 0 Å². The maximum absolute atomic E-state index is 11.9. The molecule has 0 atom stereocenters. The van der Waals surface area contributed by atoms with Gasteiger partial charge in [-0.25, -0.2) is 0 Å². The van der Waals surface area contributed by atoms with Crippen molar-refractivity contribution in [3.63, 3.8) is 0 Å². The monoisotopic (exact) mass is 271 g/mol. The Morgan fingerprint density at radius 3 is 2.60 bits per heavy atom. The van der Waals surface area contributed by atoms with Crippen molar-refractivity contribution in [2.75, 3.05) is 0 Å². The molecule has 0 unspecified atom stereocenters. The molecule has 6 heteroatoms. The standard InChI is InChI=1S/C14H9NO5/c16-8-5-10(17)14-11(18)7-13(20-12(14)6-8)19-9-1-3-15-4-2-9/h1-7,16-17H. The first-order chi connectivity index (χ1) is 9.63. The minimum absolute atomic E-state index is 0.00937. The Bertz CT molecular complexity index is 826. The molecule has 0 spiro atoms. The summed E-state index contributed by atoms with van der Waals surface area (Å²) in [4.78, 5) is 15.8. The van der Waals surface area contributed by atoms with Crippen molar-refractivity contribution >= 4 is 11.0 Å². The summed E-state index contributed by atoms with van der Waals surface area (Å²) in [6, 6.07) is 6.63. The van der Waals surface area contributed by atoms with Crippen LogP contribution in [-0.4, -0.2) is 15.2 Å². The topological polar surface area (TPSA) is 92.8 Å². The fourth-order valence-electron chi connectivity index (χ4n) is 1.80. The second-order valence-corrected chi connectivity index (χ2v) is 4.05. The first kappa shape index (κ1) is 12.0. The number of hydrogen-bond acceptors (Lipinski definition) is 6. The highest BCUT2D eigenvalue weighted by molar-refractivity contribution is 5.84. The van der Waals surface area contributed by atoms with Crippen molar-refractivity contribution < 1.29 is 19.4 Å². The van der Waals surface area contributed by atoms with Crippen LogP contribution in [0.1, 0.15) is 0 Å². The van der Waals surface area contributed by atoms with Gasteiger partial charge in [0, 0.05) is 24.5 Å². The maximum atomic E-state index is 11.9. The van der Waals surface area contributed by atoms with Crippen molar-refractivity contribution in [2.24, 2.45) is 0 Å². The Hall–Kier alpha value is -3.02. The van der Waals surface area contributed by atoms with E-state index in [1.54, 1.807) is 12.1 Å². The largest absolute Gasteiger partial charge is 0.508 e. The van der Waals surface area contributed by atoms with Crippen LogP contribution in [0, 0.1) is 0 Å². The lowest BCUT2D eigenvalue weighted by Crippen LogP contribution is -2.00. The van der Waals surface area contributed by atoms with Gasteiger partial charge in [-0.1, -0.05) is 0 Å². The lowest BCUT2D eigenvalue weighted by Gasteiger charge is -2.06. The first-order valence-corrected chi connectivity index (χ1v) is 5.71. The molecule has 100 valence electrons. The van der Waals surface area contributed by atoms with Crippen molar-refractivity contribution in [3.8, 4) is 23.2 Å². The molecule has 2 N–H and O–H groups in total. The number of nitrogens with zero attached hydrogens (tertiary/aromatic N) is 1. The van der Waals surface area contributed by atoms with Gasteiger partial charge in [0.15, 0.2) is 5.43 Å². The summed E-state index contributed by atoms with van der Waals surface area (Å²) >= 11 is 0. The van der Waals surface area contributed by atoms with Crippen LogP contribution in [0.3, 0.4) is 0 Å². The van der Waals surface area contributed by atoms with Gasteiger partial charge in [0.05, 0.1) is 6.07 Å². The average molecular weight is 271 g/mol. The lowest BCUT2D eigenvalue weighted by atomic mass is 10.2. The normalized spacial score (nSPS) is 10.6. The number of benzene rings is 1. The molecule has 20 heavy (non-hydrogen) atoms. The van der Waals surface area contributed by atoms with E-state index in [9.17, 15) is 15.0 Å². The molecular formula is C14H9NO5. The number of pyridine rings is 1. The molecule has 0 bridgehead atoms. The van der Waals surface area contributed by atoms with Crippen LogP contribution in [-0.2, 0) is 0 Å². The van der Waals surface area contributed by atoms with Crippen LogP contribution in [0.5, 0.6) is 23.2 Å². The van der Waals surface area contributed by atoms with Gasteiger partial charge in [-0.15, -0.1) is 0 Å². The van der Waals surface area contributed by atoms with Crippen molar-refractivity contribution in [1.29, 1.82) is 0 Å². The summed E-state index contributed by atoms with van der Waals surface area (Å²) in [7, 11) is 0.